The second-order valence-corrected chi connectivity index (χ2v) is 6.10. The minimum absolute atomic E-state index is 0.0119. The number of aromatic carboxylic acids is 1. The standard InChI is InChI=1S/C20H18N2O6/c1-10-16(19(24)25)14-7-5-12(20(26)28-3)9-22(14)17(10)18(23)11-4-6-13(21)15(8-11)27-2/h4-9H,21H2,1-3H3,(H,24,25). The maximum atomic E-state index is 13.2. The van der Waals surface area contributed by atoms with Crippen molar-refractivity contribution >= 4 is 28.9 Å². The van der Waals surface area contributed by atoms with Crippen LogP contribution in [0.2, 0.25) is 0 Å². The fourth-order valence-electron chi connectivity index (χ4n) is 3.16. The molecule has 0 saturated heterocycles. The Labute approximate surface area is 160 Å². The Morgan fingerprint density at radius 3 is 2.36 bits per heavy atom. The lowest BCUT2D eigenvalue weighted by Crippen LogP contribution is -2.09. The molecule has 3 rings (SSSR count). The number of ketones is 1. The average Bonchev–Trinajstić information content (AvgIpc) is 2.98. The Morgan fingerprint density at radius 1 is 1.07 bits per heavy atom. The molecule has 0 aliphatic carbocycles. The molecule has 8 nitrogen and oxygen atoms in total. The molecule has 2 aromatic heterocycles. The quantitative estimate of drug-likeness (QED) is 0.395. The first-order valence-electron chi connectivity index (χ1n) is 8.24. The number of carboxylic acid groups (broad SMARTS) is 1. The summed E-state index contributed by atoms with van der Waals surface area (Å²) in [5, 5.41) is 9.62. The molecule has 1 aromatic carbocycles. The number of nitrogens with two attached hydrogens (primary N) is 1. The first kappa shape index (κ1) is 19.0. The Kier molecular flexibility index (Phi) is 4.79. The van der Waals surface area contributed by atoms with Gasteiger partial charge in [0.1, 0.15) is 5.75 Å². The van der Waals surface area contributed by atoms with Gasteiger partial charge in [0.2, 0.25) is 5.78 Å². The summed E-state index contributed by atoms with van der Waals surface area (Å²) in [6.45, 7) is 1.55. The maximum absolute atomic E-state index is 13.2. The van der Waals surface area contributed by atoms with Crippen LogP contribution in [0.5, 0.6) is 5.75 Å². The number of pyridine rings is 1. The van der Waals surface area contributed by atoms with Crippen LogP contribution in [0.4, 0.5) is 5.69 Å². The zero-order valence-electron chi connectivity index (χ0n) is 15.5. The van der Waals surface area contributed by atoms with E-state index >= 15 is 0 Å². The second-order valence-electron chi connectivity index (χ2n) is 6.10. The number of nitrogen functional groups attached to an aromatic ring is 1. The highest BCUT2D eigenvalue weighted by atomic mass is 16.5. The molecule has 28 heavy (non-hydrogen) atoms. The Hall–Kier alpha value is -3.81. The smallest absolute Gasteiger partial charge is 0.339 e. The lowest BCUT2D eigenvalue weighted by Gasteiger charge is -2.09. The lowest BCUT2D eigenvalue weighted by atomic mass is 10.0. The molecule has 3 aromatic rings. The van der Waals surface area contributed by atoms with E-state index in [1.165, 1.54) is 55.1 Å². The van der Waals surface area contributed by atoms with Crippen LogP contribution in [0, 0.1) is 6.92 Å². The number of anilines is 1. The van der Waals surface area contributed by atoms with Gasteiger partial charge < -0.3 is 24.7 Å². The van der Waals surface area contributed by atoms with Gasteiger partial charge in [0.05, 0.1) is 42.2 Å². The molecule has 0 atom stereocenters. The zero-order chi connectivity index (χ0) is 20.6. The Bertz CT molecular complexity index is 1130. The summed E-state index contributed by atoms with van der Waals surface area (Å²) in [5.74, 6) is -1.87. The molecule has 0 aliphatic heterocycles. The molecular formula is C20H18N2O6. The summed E-state index contributed by atoms with van der Waals surface area (Å²) in [6.07, 6.45) is 1.39. The molecule has 0 aliphatic rings. The van der Waals surface area contributed by atoms with Gasteiger partial charge in [0.15, 0.2) is 0 Å². The summed E-state index contributed by atoms with van der Waals surface area (Å²) in [5.41, 5.74) is 7.33. The number of fused-ring (bicyclic) bond motifs is 1. The fraction of sp³-hybridized carbons (Fsp3) is 0.150. The summed E-state index contributed by atoms with van der Waals surface area (Å²) >= 11 is 0. The van der Waals surface area contributed by atoms with Crippen molar-refractivity contribution in [2.24, 2.45) is 0 Å². The number of rotatable bonds is 5. The molecule has 0 fully saturated rings. The van der Waals surface area contributed by atoms with Gasteiger partial charge in [-0.1, -0.05) is 0 Å². The topological polar surface area (TPSA) is 120 Å². The summed E-state index contributed by atoms with van der Waals surface area (Å²) in [4.78, 5) is 36.9. The normalized spacial score (nSPS) is 10.7. The van der Waals surface area contributed by atoms with Crippen molar-refractivity contribution in [2.75, 3.05) is 20.0 Å². The van der Waals surface area contributed by atoms with E-state index in [9.17, 15) is 19.5 Å². The van der Waals surface area contributed by atoms with E-state index in [2.05, 4.69) is 0 Å². The third-order valence-electron chi connectivity index (χ3n) is 4.52. The van der Waals surface area contributed by atoms with E-state index in [0.717, 1.165) is 0 Å². The van der Waals surface area contributed by atoms with E-state index in [1.807, 2.05) is 0 Å². The van der Waals surface area contributed by atoms with Crippen molar-refractivity contribution < 1.29 is 29.0 Å². The van der Waals surface area contributed by atoms with Crippen molar-refractivity contribution in [1.29, 1.82) is 0 Å². The van der Waals surface area contributed by atoms with Crippen molar-refractivity contribution in [3.05, 3.63) is 64.5 Å². The van der Waals surface area contributed by atoms with Crippen LogP contribution in [0.15, 0.2) is 36.5 Å². The predicted molar refractivity (Wildman–Crippen MR) is 101 cm³/mol. The van der Waals surface area contributed by atoms with Gasteiger partial charge in [-0.2, -0.15) is 0 Å². The zero-order valence-corrected chi connectivity index (χ0v) is 15.5. The molecule has 0 bridgehead atoms. The maximum Gasteiger partial charge on any atom is 0.339 e. The number of benzene rings is 1. The van der Waals surface area contributed by atoms with Crippen molar-refractivity contribution in [1.82, 2.24) is 4.40 Å². The van der Waals surface area contributed by atoms with Crippen molar-refractivity contribution in [2.45, 2.75) is 6.92 Å². The Morgan fingerprint density at radius 2 is 1.75 bits per heavy atom. The van der Waals surface area contributed by atoms with E-state index in [1.54, 1.807) is 6.92 Å². The monoisotopic (exact) mass is 382 g/mol. The molecular weight excluding hydrogens is 364 g/mol. The third-order valence-corrected chi connectivity index (χ3v) is 4.52. The van der Waals surface area contributed by atoms with Crippen LogP contribution in [0.1, 0.15) is 42.3 Å². The first-order chi connectivity index (χ1) is 13.3. The molecule has 0 unspecified atom stereocenters. The van der Waals surface area contributed by atoms with Gasteiger partial charge >= 0.3 is 11.9 Å². The second kappa shape index (κ2) is 7.07. The van der Waals surface area contributed by atoms with E-state index in [4.69, 9.17) is 15.2 Å². The van der Waals surface area contributed by atoms with Crippen LogP contribution in [0.25, 0.3) is 5.52 Å². The van der Waals surface area contributed by atoms with Crippen LogP contribution >= 0.6 is 0 Å². The highest BCUT2D eigenvalue weighted by Crippen LogP contribution is 2.29. The summed E-state index contributed by atoms with van der Waals surface area (Å²) < 4.78 is 11.3. The highest BCUT2D eigenvalue weighted by molar-refractivity contribution is 6.13. The van der Waals surface area contributed by atoms with Gasteiger partial charge in [0, 0.05) is 11.8 Å². The highest BCUT2D eigenvalue weighted by Gasteiger charge is 2.26. The number of carbonyl (C=O) groups is 3. The van der Waals surface area contributed by atoms with Gasteiger partial charge in [-0.25, -0.2) is 9.59 Å². The summed E-state index contributed by atoms with van der Waals surface area (Å²) in [7, 11) is 2.67. The number of ether oxygens (including phenoxy) is 2. The van der Waals surface area contributed by atoms with E-state index in [-0.39, 0.29) is 27.9 Å². The molecule has 0 radical (unpaired) electrons. The Balaban J connectivity index is 2.29. The van der Waals surface area contributed by atoms with Crippen LogP contribution in [-0.4, -0.2) is 41.4 Å². The first-order valence-corrected chi connectivity index (χ1v) is 8.24. The third kappa shape index (κ3) is 2.94. The predicted octanol–water partition coefficient (Wildman–Crippen LogP) is 2.55. The molecule has 3 N–H and O–H groups in total. The number of esters is 1. The molecule has 0 amide bonds. The van der Waals surface area contributed by atoms with Crippen molar-refractivity contribution in [3.8, 4) is 5.75 Å². The molecule has 2 heterocycles. The van der Waals surface area contributed by atoms with E-state index < -0.39 is 17.7 Å². The summed E-state index contributed by atoms with van der Waals surface area (Å²) in [6, 6.07) is 7.48. The van der Waals surface area contributed by atoms with Gasteiger partial charge in [0.25, 0.3) is 0 Å². The van der Waals surface area contributed by atoms with Crippen LogP contribution in [0.3, 0.4) is 0 Å². The number of aromatic nitrogens is 1. The molecule has 8 heteroatoms. The molecule has 144 valence electrons. The number of hydrogen-bond donors (Lipinski definition) is 2. The SMILES string of the molecule is COC(=O)c1ccc2c(C(=O)O)c(C)c(C(=O)c3ccc(N)c(OC)c3)n2c1. The van der Waals surface area contributed by atoms with Crippen LogP contribution in [-0.2, 0) is 4.74 Å². The minimum Gasteiger partial charge on any atom is -0.495 e. The number of nitrogens with zero attached hydrogens (tertiary/aromatic N) is 1. The molecule has 0 saturated carbocycles. The van der Waals surface area contributed by atoms with Crippen molar-refractivity contribution in [3.63, 3.8) is 0 Å². The number of carboxylic acids is 1. The number of carbonyl (C=O) groups excluding carboxylic acids is 2. The largest absolute Gasteiger partial charge is 0.495 e. The number of hydrogen-bond acceptors (Lipinski definition) is 6. The molecule has 0 spiro atoms. The fourth-order valence-corrected chi connectivity index (χ4v) is 3.16. The number of methoxy groups -OCH3 is 2. The van der Waals surface area contributed by atoms with E-state index in [0.29, 0.717) is 17.0 Å². The average molecular weight is 382 g/mol. The minimum atomic E-state index is -1.17. The van der Waals surface area contributed by atoms with Gasteiger partial charge in [-0.05, 0) is 42.8 Å². The lowest BCUT2D eigenvalue weighted by molar-refractivity contribution is 0.0599. The van der Waals surface area contributed by atoms with Gasteiger partial charge in [-0.3, -0.25) is 4.79 Å². The van der Waals surface area contributed by atoms with Gasteiger partial charge in [-0.15, -0.1) is 0 Å². The van der Waals surface area contributed by atoms with Crippen LogP contribution < -0.4 is 10.5 Å².